The normalized spacial score (nSPS) is 11.3. The van der Waals surface area contributed by atoms with Crippen molar-refractivity contribution < 1.29 is 17.9 Å². The van der Waals surface area contributed by atoms with Crippen LogP contribution in [0, 0.1) is 6.92 Å². The van der Waals surface area contributed by atoms with Gasteiger partial charge in [-0.2, -0.15) is 0 Å². The van der Waals surface area contributed by atoms with Crippen LogP contribution in [0.3, 0.4) is 0 Å². The Bertz CT molecular complexity index is 889. The Morgan fingerprint density at radius 3 is 2.26 bits per heavy atom. The van der Waals surface area contributed by atoms with Gasteiger partial charge in [-0.25, -0.2) is 8.42 Å². The second-order valence-electron chi connectivity index (χ2n) is 6.30. The van der Waals surface area contributed by atoms with Crippen molar-refractivity contribution in [2.24, 2.45) is 0 Å². The molecule has 146 valence electrons. The van der Waals surface area contributed by atoms with Gasteiger partial charge in [0, 0.05) is 11.6 Å². The summed E-state index contributed by atoms with van der Waals surface area (Å²) in [4.78, 5) is 12.6. The molecule has 0 radical (unpaired) electrons. The zero-order chi connectivity index (χ0) is 20.0. The third-order valence-electron chi connectivity index (χ3n) is 4.43. The van der Waals surface area contributed by atoms with E-state index in [9.17, 15) is 13.2 Å². The van der Waals surface area contributed by atoms with Gasteiger partial charge in [0.15, 0.2) is 0 Å². The topological polar surface area (TPSA) is 84.5 Å². The summed E-state index contributed by atoms with van der Waals surface area (Å²) in [6, 6.07) is 11.2. The number of nitrogens with one attached hydrogen (secondary N) is 2. The maximum Gasteiger partial charge on any atom is 0.261 e. The standard InChI is InChI=1S/C20H26N2O4S/c1-5-16(6-2)21-20(23)15-8-7-14(3)19(13-15)22-27(24,25)18-11-9-17(26-4)10-12-18/h7-13,16,22H,5-6H2,1-4H3,(H,21,23). The van der Waals surface area contributed by atoms with E-state index in [1.807, 2.05) is 13.8 Å². The number of hydrogen-bond acceptors (Lipinski definition) is 4. The molecule has 2 rings (SSSR count). The van der Waals surface area contributed by atoms with E-state index in [2.05, 4.69) is 10.0 Å². The molecule has 7 heteroatoms. The highest BCUT2D eigenvalue weighted by atomic mass is 32.2. The molecule has 2 aromatic rings. The molecule has 0 heterocycles. The van der Waals surface area contributed by atoms with Crippen LogP contribution < -0.4 is 14.8 Å². The van der Waals surface area contributed by atoms with Crippen LogP contribution in [0.4, 0.5) is 5.69 Å². The molecule has 0 fully saturated rings. The predicted octanol–water partition coefficient (Wildman–Crippen LogP) is 3.72. The molecule has 0 aliphatic rings. The Morgan fingerprint density at radius 2 is 1.70 bits per heavy atom. The smallest absolute Gasteiger partial charge is 0.261 e. The first-order valence-corrected chi connectivity index (χ1v) is 10.4. The third kappa shape index (κ3) is 5.23. The first-order valence-electron chi connectivity index (χ1n) is 8.89. The van der Waals surface area contributed by atoms with E-state index in [-0.39, 0.29) is 16.8 Å². The van der Waals surface area contributed by atoms with Gasteiger partial charge in [-0.05, 0) is 61.7 Å². The summed E-state index contributed by atoms with van der Waals surface area (Å²) >= 11 is 0. The number of carbonyl (C=O) groups is 1. The Labute approximate surface area is 161 Å². The predicted molar refractivity (Wildman–Crippen MR) is 107 cm³/mol. The number of sulfonamides is 1. The molecule has 0 spiro atoms. The van der Waals surface area contributed by atoms with Crippen molar-refractivity contribution in [1.82, 2.24) is 5.32 Å². The van der Waals surface area contributed by atoms with Crippen molar-refractivity contribution >= 4 is 21.6 Å². The minimum Gasteiger partial charge on any atom is -0.497 e. The lowest BCUT2D eigenvalue weighted by atomic mass is 10.1. The summed E-state index contributed by atoms with van der Waals surface area (Å²) in [5.74, 6) is 0.360. The number of methoxy groups -OCH3 is 1. The largest absolute Gasteiger partial charge is 0.497 e. The van der Waals surface area contributed by atoms with Gasteiger partial charge in [-0.3, -0.25) is 9.52 Å². The van der Waals surface area contributed by atoms with Gasteiger partial charge >= 0.3 is 0 Å². The molecule has 0 unspecified atom stereocenters. The summed E-state index contributed by atoms with van der Waals surface area (Å²) in [6.45, 7) is 5.81. The van der Waals surface area contributed by atoms with Gasteiger partial charge in [-0.15, -0.1) is 0 Å². The molecule has 0 saturated heterocycles. The lowest BCUT2D eigenvalue weighted by molar-refractivity contribution is 0.0935. The van der Waals surface area contributed by atoms with E-state index in [0.717, 1.165) is 18.4 Å². The third-order valence-corrected chi connectivity index (χ3v) is 5.82. The fourth-order valence-corrected chi connectivity index (χ4v) is 3.71. The fraction of sp³-hybridized carbons (Fsp3) is 0.350. The van der Waals surface area contributed by atoms with Crippen molar-refractivity contribution in [2.45, 2.75) is 44.6 Å². The van der Waals surface area contributed by atoms with E-state index in [0.29, 0.717) is 17.0 Å². The molecule has 2 aromatic carbocycles. The molecule has 1 amide bonds. The molecule has 6 nitrogen and oxygen atoms in total. The summed E-state index contributed by atoms with van der Waals surface area (Å²) < 4.78 is 32.9. The first kappa shape index (κ1) is 20.8. The number of aryl methyl sites for hydroxylation is 1. The summed E-state index contributed by atoms with van der Waals surface area (Å²) in [6.07, 6.45) is 1.68. The second kappa shape index (κ2) is 8.90. The molecule has 2 N–H and O–H groups in total. The number of benzene rings is 2. The Hall–Kier alpha value is -2.54. The van der Waals surface area contributed by atoms with Gasteiger partial charge in [0.2, 0.25) is 0 Å². The van der Waals surface area contributed by atoms with Crippen LogP contribution in [0.2, 0.25) is 0 Å². The number of amides is 1. The van der Waals surface area contributed by atoms with Crippen LogP contribution >= 0.6 is 0 Å². The van der Waals surface area contributed by atoms with Crippen LogP contribution in [0.5, 0.6) is 5.75 Å². The zero-order valence-corrected chi connectivity index (χ0v) is 16.9. The molecule has 0 bridgehead atoms. The van der Waals surface area contributed by atoms with Crippen LogP contribution in [0.1, 0.15) is 42.6 Å². The number of hydrogen-bond donors (Lipinski definition) is 2. The van der Waals surface area contributed by atoms with E-state index in [4.69, 9.17) is 4.74 Å². The van der Waals surface area contributed by atoms with Crippen LogP contribution in [-0.2, 0) is 10.0 Å². The molecule has 27 heavy (non-hydrogen) atoms. The highest BCUT2D eigenvalue weighted by molar-refractivity contribution is 7.92. The fourth-order valence-electron chi connectivity index (χ4n) is 2.59. The summed E-state index contributed by atoms with van der Waals surface area (Å²) in [7, 11) is -2.26. The van der Waals surface area contributed by atoms with E-state index in [1.54, 1.807) is 37.3 Å². The highest BCUT2D eigenvalue weighted by Gasteiger charge is 2.17. The molecule has 0 aromatic heterocycles. The highest BCUT2D eigenvalue weighted by Crippen LogP contribution is 2.23. The lowest BCUT2D eigenvalue weighted by Crippen LogP contribution is -2.33. The number of anilines is 1. The first-order chi connectivity index (χ1) is 12.8. The number of ether oxygens (including phenoxy) is 1. The number of carbonyl (C=O) groups excluding carboxylic acids is 1. The zero-order valence-electron chi connectivity index (χ0n) is 16.1. The van der Waals surface area contributed by atoms with Crippen LogP contribution in [0.15, 0.2) is 47.4 Å². The molecule has 0 saturated carbocycles. The van der Waals surface area contributed by atoms with Gasteiger partial charge < -0.3 is 10.1 Å². The average molecular weight is 391 g/mol. The Morgan fingerprint density at radius 1 is 1.07 bits per heavy atom. The van der Waals surface area contributed by atoms with Crippen LogP contribution in [-0.4, -0.2) is 27.5 Å². The summed E-state index contributed by atoms with van der Waals surface area (Å²) in [5.41, 5.74) is 1.52. The van der Waals surface area contributed by atoms with E-state index < -0.39 is 10.0 Å². The van der Waals surface area contributed by atoms with Crippen molar-refractivity contribution in [1.29, 1.82) is 0 Å². The van der Waals surface area contributed by atoms with Crippen molar-refractivity contribution in [3.05, 3.63) is 53.6 Å². The SMILES string of the molecule is CCC(CC)NC(=O)c1ccc(C)c(NS(=O)(=O)c2ccc(OC)cc2)c1. The maximum atomic E-state index is 12.7. The molecule has 0 aliphatic carbocycles. The van der Waals surface area contributed by atoms with E-state index >= 15 is 0 Å². The average Bonchev–Trinajstić information content (AvgIpc) is 2.67. The monoisotopic (exact) mass is 390 g/mol. The van der Waals surface area contributed by atoms with Crippen molar-refractivity contribution in [3.8, 4) is 5.75 Å². The van der Waals surface area contributed by atoms with Crippen molar-refractivity contribution in [2.75, 3.05) is 11.8 Å². The van der Waals surface area contributed by atoms with Gasteiger partial charge in [0.25, 0.3) is 15.9 Å². The minimum atomic E-state index is -3.77. The lowest BCUT2D eigenvalue weighted by Gasteiger charge is -2.16. The molecule has 0 atom stereocenters. The van der Waals surface area contributed by atoms with E-state index in [1.165, 1.54) is 19.2 Å². The summed E-state index contributed by atoms with van der Waals surface area (Å²) in [5, 5.41) is 2.96. The molecule has 0 aliphatic heterocycles. The second-order valence-corrected chi connectivity index (χ2v) is 7.98. The Balaban J connectivity index is 2.26. The van der Waals surface area contributed by atoms with Crippen molar-refractivity contribution in [3.63, 3.8) is 0 Å². The minimum absolute atomic E-state index is 0.0956. The van der Waals surface area contributed by atoms with Crippen LogP contribution in [0.25, 0.3) is 0 Å². The van der Waals surface area contributed by atoms with Gasteiger partial charge in [0.05, 0.1) is 17.7 Å². The van der Waals surface area contributed by atoms with Gasteiger partial charge in [-0.1, -0.05) is 19.9 Å². The maximum absolute atomic E-state index is 12.7. The molecular weight excluding hydrogens is 364 g/mol. The quantitative estimate of drug-likeness (QED) is 0.719. The Kier molecular flexibility index (Phi) is 6.85. The molecular formula is C20H26N2O4S. The van der Waals surface area contributed by atoms with Gasteiger partial charge in [0.1, 0.15) is 5.75 Å². The number of rotatable bonds is 8.